The first-order valence-electron chi connectivity index (χ1n) is 10.2. The summed E-state index contributed by atoms with van der Waals surface area (Å²) < 4.78 is 13.6. The Labute approximate surface area is 178 Å². The van der Waals surface area contributed by atoms with Crippen molar-refractivity contribution >= 4 is 28.7 Å². The number of pyridine rings is 1. The molecule has 5 nitrogen and oxygen atoms in total. The van der Waals surface area contributed by atoms with E-state index in [0.717, 1.165) is 46.1 Å². The average molecular weight is 419 g/mol. The van der Waals surface area contributed by atoms with Crippen molar-refractivity contribution in [3.05, 3.63) is 71.7 Å². The van der Waals surface area contributed by atoms with Crippen LogP contribution in [0.2, 0.25) is 0 Å². The quantitative estimate of drug-likeness (QED) is 0.516. The number of carbonyl (C=O) groups excluding carboxylic acids is 1. The van der Waals surface area contributed by atoms with Gasteiger partial charge in [0.25, 0.3) is 0 Å². The summed E-state index contributed by atoms with van der Waals surface area (Å²) in [7, 11) is 0. The lowest BCUT2D eigenvalue weighted by Crippen LogP contribution is -2.16. The number of rotatable bonds is 8. The van der Waals surface area contributed by atoms with Crippen LogP contribution in [-0.2, 0) is 9.59 Å². The molecule has 31 heavy (non-hydrogen) atoms. The molecule has 3 aromatic rings. The standard InChI is InChI=1S/C25H22FNO4/c26-17-9-7-15(8-10-17)24-20-3-1-2-4-22(20)27-25(16-5-6-16)21(24)12-11-18(28)13-19(29)14-23(30)31/h1-4,7-12,16,19,29H,5-6,13-14H2,(H,30,31)/t19-/m0/s1. The second kappa shape index (κ2) is 8.78. The molecule has 1 aliphatic carbocycles. The van der Waals surface area contributed by atoms with Gasteiger partial charge in [0, 0.05) is 28.9 Å². The fourth-order valence-electron chi connectivity index (χ4n) is 3.76. The number of aliphatic carboxylic acids is 1. The maximum absolute atomic E-state index is 13.6. The minimum absolute atomic E-state index is 0.269. The van der Waals surface area contributed by atoms with Crippen LogP contribution in [0.1, 0.15) is 42.9 Å². The molecule has 1 heterocycles. The average Bonchev–Trinajstić information content (AvgIpc) is 3.56. The minimum atomic E-state index is -1.23. The van der Waals surface area contributed by atoms with Crippen molar-refractivity contribution in [2.45, 2.75) is 37.7 Å². The maximum atomic E-state index is 13.6. The molecular formula is C25H22FNO4. The van der Waals surface area contributed by atoms with E-state index >= 15 is 0 Å². The van der Waals surface area contributed by atoms with Gasteiger partial charge >= 0.3 is 5.97 Å². The Morgan fingerprint density at radius 3 is 2.48 bits per heavy atom. The van der Waals surface area contributed by atoms with Gasteiger partial charge in [-0.2, -0.15) is 0 Å². The highest BCUT2D eigenvalue weighted by atomic mass is 19.1. The number of benzene rings is 2. The summed E-state index contributed by atoms with van der Waals surface area (Å²) in [6, 6.07) is 14.0. The Morgan fingerprint density at radius 2 is 1.81 bits per heavy atom. The summed E-state index contributed by atoms with van der Waals surface area (Å²) in [5.74, 6) is -1.55. The van der Waals surface area contributed by atoms with E-state index in [9.17, 15) is 19.1 Å². The van der Waals surface area contributed by atoms with E-state index in [1.165, 1.54) is 18.2 Å². The Balaban J connectivity index is 1.80. The van der Waals surface area contributed by atoms with Crippen LogP contribution in [0.5, 0.6) is 0 Å². The normalized spacial score (nSPS) is 14.8. The summed E-state index contributed by atoms with van der Waals surface area (Å²) in [5, 5.41) is 19.4. The number of aliphatic hydroxyl groups excluding tert-OH is 1. The first-order chi connectivity index (χ1) is 14.9. The zero-order valence-corrected chi connectivity index (χ0v) is 16.8. The largest absolute Gasteiger partial charge is 0.481 e. The molecule has 6 heteroatoms. The van der Waals surface area contributed by atoms with Gasteiger partial charge in [0.2, 0.25) is 0 Å². The molecule has 0 unspecified atom stereocenters. The number of hydrogen-bond donors (Lipinski definition) is 2. The number of halogens is 1. The molecule has 0 radical (unpaired) electrons. The van der Waals surface area contributed by atoms with E-state index in [4.69, 9.17) is 10.1 Å². The Morgan fingerprint density at radius 1 is 1.10 bits per heavy atom. The molecule has 0 aliphatic heterocycles. The summed E-state index contributed by atoms with van der Waals surface area (Å²) in [5.41, 5.74) is 4.23. The number of aromatic nitrogens is 1. The highest BCUT2D eigenvalue weighted by Crippen LogP contribution is 2.45. The molecule has 1 aromatic heterocycles. The van der Waals surface area contributed by atoms with Crippen molar-refractivity contribution in [1.82, 2.24) is 4.98 Å². The van der Waals surface area contributed by atoms with Crippen LogP contribution >= 0.6 is 0 Å². The maximum Gasteiger partial charge on any atom is 0.305 e. The summed E-state index contributed by atoms with van der Waals surface area (Å²) in [6.45, 7) is 0. The lowest BCUT2D eigenvalue weighted by molar-refractivity contribution is -0.139. The van der Waals surface area contributed by atoms with Crippen molar-refractivity contribution in [2.75, 3.05) is 0 Å². The molecule has 158 valence electrons. The molecule has 0 spiro atoms. The second-order valence-corrected chi connectivity index (χ2v) is 7.84. The highest BCUT2D eigenvalue weighted by molar-refractivity contribution is 6.02. The first kappa shape index (κ1) is 20.9. The number of para-hydroxylation sites is 1. The molecule has 4 rings (SSSR count). The zero-order chi connectivity index (χ0) is 22.0. The van der Waals surface area contributed by atoms with Crippen LogP contribution in [0, 0.1) is 5.82 Å². The van der Waals surface area contributed by atoms with Crippen molar-refractivity contribution in [3.63, 3.8) is 0 Å². The third kappa shape index (κ3) is 4.86. The van der Waals surface area contributed by atoms with E-state index in [1.54, 1.807) is 18.2 Å². The molecular weight excluding hydrogens is 397 g/mol. The van der Waals surface area contributed by atoms with Crippen LogP contribution in [0.4, 0.5) is 4.39 Å². The molecule has 1 saturated carbocycles. The second-order valence-electron chi connectivity index (χ2n) is 7.84. The Bertz CT molecular complexity index is 1170. The lowest BCUT2D eigenvalue weighted by atomic mass is 9.92. The minimum Gasteiger partial charge on any atom is -0.481 e. The van der Waals surface area contributed by atoms with Gasteiger partial charge in [0.15, 0.2) is 5.78 Å². The smallest absolute Gasteiger partial charge is 0.305 e. The fraction of sp³-hybridized carbons (Fsp3) is 0.240. The van der Waals surface area contributed by atoms with Gasteiger partial charge in [-0.1, -0.05) is 30.3 Å². The number of hydrogen-bond acceptors (Lipinski definition) is 4. The lowest BCUT2D eigenvalue weighted by Gasteiger charge is -2.15. The summed E-state index contributed by atoms with van der Waals surface area (Å²) >= 11 is 0. The van der Waals surface area contributed by atoms with Crippen LogP contribution in [0.15, 0.2) is 54.6 Å². The molecule has 1 fully saturated rings. The number of carboxylic acid groups (broad SMARTS) is 1. The van der Waals surface area contributed by atoms with Crippen molar-refractivity contribution in [2.24, 2.45) is 0 Å². The summed E-state index contributed by atoms with van der Waals surface area (Å²) in [6.07, 6.45) is 3.11. The third-order valence-corrected chi connectivity index (χ3v) is 5.34. The number of nitrogens with zero attached hydrogens (tertiary/aromatic N) is 1. The van der Waals surface area contributed by atoms with E-state index in [0.29, 0.717) is 5.92 Å². The van der Waals surface area contributed by atoms with Crippen LogP contribution < -0.4 is 0 Å². The van der Waals surface area contributed by atoms with Crippen molar-refractivity contribution in [3.8, 4) is 11.1 Å². The van der Waals surface area contributed by atoms with Gasteiger partial charge in [-0.25, -0.2) is 4.39 Å². The summed E-state index contributed by atoms with van der Waals surface area (Å²) in [4.78, 5) is 27.9. The van der Waals surface area contributed by atoms with Crippen molar-refractivity contribution < 1.29 is 24.2 Å². The number of aliphatic hydroxyl groups is 1. The van der Waals surface area contributed by atoms with Crippen LogP contribution in [0.25, 0.3) is 28.1 Å². The topological polar surface area (TPSA) is 87.5 Å². The van der Waals surface area contributed by atoms with E-state index in [2.05, 4.69) is 0 Å². The predicted octanol–water partition coefficient (Wildman–Crippen LogP) is 4.73. The zero-order valence-electron chi connectivity index (χ0n) is 16.8. The number of carbonyl (C=O) groups is 2. The van der Waals surface area contributed by atoms with Crippen LogP contribution in [0.3, 0.4) is 0 Å². The van der Waals surface area contributed by atoms with Gasteiger partial charge in [0.1, 0.15) is 5.82 Å². The highest BCUT2D eigenvalue weighted by Gasteiger charge is 2.29. The van der Waals surface area contributed by atoms with E-state index in [1.807, 2.05) is 24.3 Å². The Kier molecular flexibility index (Phi) is 5.91. The molecule has 0 saturated heterocycles. The molecule has 1 atom stereocenters. The molecule has 2 aromatic carbocycles. The number of carboxylic acids is 1. The van der Waals surface area contributed by atoms with Crippen molar-refractivity contribution in [1.29, 1.82) is 0 Å². The molecule has 1 aliphatic rings. The molecule has 0 bridgehead atoms. The van der Waals surface area contributed by atoms with E-state index < -0.39 is 18.5 Å². The van der Waals surface area contributed by atoms with Gasteiger partial charge in [-0.15, -0.1) is 0 Å². The monoisotopic (exact) mass is 419 g/mol. The number of ketones is 1. The third-order valence-electron chi connectivity index (χ3n) is 5.34. The van der Waals surface area contributed by atoms with Gasteiger partial charge in [-0.3, -0.25) is 14.6 Å². The van der Waals surface area contributed by atoms with Gasteiger partial charge < -0.3 is 10.2 Å². The first-order valence-corrected chi connectivity index (χ1v) is 10.2. The van der Waals surface area contributed by atoms with Crippen LogP contribution in [-0.4, -0.2) is 33.1 Å². The SMILES string of the molecule is O=C(O)C[C@@H](O)CC(=O)C=Cc1c(C2CC2)nc2ccccc2c1-c1ccc(F)cc1. The van der Waals surface area contributed by atoms with Gasteiger partial charge in [0.05, 0.1) is 23.7 Å². The van der Waals surface area contributed by atoms with E-state index in [-0.39, 0.29) is 18.0 Å². The molecule has 2 N–H and O–H groups in total. The van der Waals surface area contributed by atoms with Gasteiger partial charge in [-0.05, 0) is 48.8 Å². The molecule has 0 amide bonds. The predicted molar refractivity (Wildman–Crippen MR) is 116 cm³/mol. The number of allylic oxidation sites excluding steroid dienone is 1. The fourth-order valence-corrected chi connectivity index (χ4v) is 3.76. The number of fused-ring (bicyclic) bond motifs is 1. The Hall–Kier alpha value is -3.38.